The summed E-state index contributed by atoms with van der Waals surface area (Å²) in [6.45, 7) is 4.23. The molecule has 2 rings (SSSR count). The van der Waals surface area contributed by atoms with Crippen molar-refractivity contribution < 1.29 is 14.7 Å². The molecule has 2 atom stereocenters. The van der Waals surface area contributed by atoms with E-state index in [0.717, 1.165) is 37.7 Å². The van der Waals surface area contributed by atoms with Crippen LogP contribution >= 0.6 is 0 Å². The predicted octanol–water partition coefficient (Wildman–Crippen LogP) is 6.24. The quantitative estimate of drug-likeness (QED) is 0.465. The number of carboxylic acid groups (broad SMARTS) is 1. The van der Waals surface area contributed by atoms with Crippen LogP contribution in [0.5, 0.6) is 0 Å². The van der Waals surface area contributed by atoms with Crippen molar-refractivity contribution in [1.82, 2.24) is 0 Å². The van der Waals surface area contributed by atoms with Gasteiger partial charge in [0, 0.05) is 18.3 Å². The Morgan fingerprint density at radius 1 is 1.11 bits per heavy atom. The minimum atomic E-state index is -0.794. The third-order valence-corrected chi connectivity index (χ3v) is 5.88. The van der Waals surface area contributed by atoms with Gasteiger partial charge in [-0.05, 0) is 55.6 Å². The average molecular weight is 383 g/mol. The number of carbonyl (C=O) groups excluding carboxylic acids is 1. The molecule has 1 aromatic carbocycles. The predicted molar refractivity (Wildman–Crippen MR) is 114 cm³/mol. The van der Waals surface area contributed by atoms with Crippen molar-refractivity contribution in [3.05, 3.63) is 59.7 Å². The molecule has 0 bridgehead atoms. The molecule has 0 aliphatic heterocycles. The Kier molecular flexibility index (Phi) is 8.69. The lowest BCUT2D eigenvalue weighted by Gasteiger charge is -2.28. The molecule has 0 saturated heterocycles. The van der Waals surface area contributed by atoms with Crippen molar-refractivity contribution in [3.8, 4) is 0 Å². The number of aliphatic carboxylic acids is 1. The zero-order valence-corrected chi connectivity index (χ0v) is 17.3. The maximum atomic E-state index is 12.3. The normalized spacial score (nSPS) is 16.9. The molecule has 1 aromatic rings. The van der Waals surface area contributed by atoms with Gasteiger partial charge in [-0.1, -0.05) is 62.4 Å². The second-order valence-electron chi connectivity index (χ2n) is 8.37. The molecule has 0 heterocycles. The smallest absolute Gasteiger partial charge is 0.304 e. The van der Waals surface area contributed by atoms with Gasteiger partial charge in [-0.15, -0.1) is 0 Å². The first-order valence-corrected chi connectivity index (χ1v) is 10.6. The van der Waals surface area contributed by atoms with Gasteiger partial charge in [0.05, 0.1) is 6.42 Å². The van der Waals surface area contributed by atoms with Crippen LogP contribution in [0.1, 0.15) is 77.2 Å². The Hall–Kier alpha value is -2.16. The topological polar surface area (TPSA) is 54.4 Å². The minimum absolute atomic E-state index is 0.0886. The summed E-state index contributed by atoms with van der Waals surface area (Å²) in [5.41, 5.74) is 2.01. The van der Waals surface area contributed by atoms with E-state index in [2.05, 4.69) is 25.2 Å². The Morgan fingerprint density at radius 2 is 1.82 bits per heavy atom. The zero-order valence-electron chi connectivity index (χ0n) is 17.3. The van der Waals surface area contributed by atoms with Crippen LogP contribution in [-0.2, 0) is 15.0 Å². The molecular formula is C25H34O3. The molecule has 0 spiro atoms. The second-order valence-corrected chi connectivity index (χ2v) is 8.37. The fraction of sp³-hybridized carbons (Fsp3) is 0.520. The van der Waals surface area contributed by atoms with Crippen LogP contribution in [0.3, 0.4) is 0 Å². The highest BCUT2D eigenvalue weighted by atomic mass is 16.4. The fourth-order valence-corrected chi connectivity index (χ4v) is 4.08. The molecular weight excluding hydrogens is 348 g/mol. The molecule has 1 N–H and O–H groups in total. The van der Waals surface area contributed by atoms with Gasteiger partial charge in [0.2, 0.25) is 0 Å². The molecule has 3 heteroatoms. The van der Waals surface area contributed by atoms with Crippen LogP contribution < -0.4 is 0 Å². The van der Waals surface area contributed by atoms with Crippen molar-refractivity contribution >= 4 is 11.8 Å². The Bertz CT molecular complexity index is 702. The molecule has 0 aromatic heterocycles. The van der Waals surface area contributed by atoms with Gasteiger partial charge in [-0.3, -0.25) is 9.59 Å². The van der Waals surface area contributed by atoms with Crippen LogP contribution in [0.2, 0.25) is 0 Å². The molecule has 0 saturated carbocycles. The van der Waals surface area contributed by atoms with Gasteiger partial charge in [0.25, 0.3) is 0 Å². The molecule has 152 valence electrons. The molecule has 3 nitrogen and oxygen atoms in total. The maximum Gasteiger partial charge on any atom is 0.304 e. The monoisotopic (exact) mass is 382 g/mol. The highest BCUT2D eigenvalue weighted by molar-refractivity contribution is 5.78. The summed E-state index contributed by atoms with van der Waals surface area (Å²) in [5, 5.41) is 9.32. The number of carbonyl (C=O) groups is 2. The number of hydrogen-bond donors (Lipinski definition) is 1. The van der Waals surface area contributed by atoms with E-state index in [1.54, 1.807) is 0 Å². The number of benzene rings is 1. The standard InChI is InChI=1S/C25H34O3/c1-20(21-12-5-3-6-13-21)11-9-16-23(26)17-10-18-25(2,19-24(27)28)22-14-7-4-8-15-22/h4-5,7-8,12-15,20H,3,6,9-11,16-19H2,1-2H3,(H,27,28). The number of Topliss-reactive ketones (excluding diaryl/α,β-unsaturated/α-hetero) is 1. The van der Waals surface area contributed by atoms with Gasteiger partial charge in [0.15, 0.2) is 0 Å². The molecule has 1 aliphatic carbocycles. The maximum absolute atomic E-state index is 12.3. The number of ketones is 1. The second kappa shape index (κ2) is 11.0. The molecule has 0 amide bonds. The van der Waals surface area contributed by atoms with E-state index in [1.165, 1.54) is 5.57 Å². The summed E-state index contributed by atoms with van der Waals surface area (Å²) in [4.78, 5) is 23.6. The van der Waals surface area contributed by atoms with Crippen molar-refractivity contribution in [2.45, 2.75) is 77.0 Å². The third kappa shape index (κ3) is 7.10. The van der Waals surface area contributed by atoms with E-state index in [-0.39, 0.29) is 6.42 Å². The van der Waals surface area contributed by atoms with Crippen molar-refractivity contribution in [2.24, 2.45) is 5.92 Å². The SMILES string of the molecule is CC(CCCC(=O)CCCC(C)(CC(=O)O)c1ccccc1)C1=CCCC=C1. The Labute approximate surface area is 169 Å². The molecule has 28 heavy (non-hydrogen) atoms. The van der Waals surface area contributed by atoms with Gasteiger partial charge in [-0.2, -0.15) is 0 Å². The van der Waals surface area contributed by atoms with Crippen LogP contribution in [0.4, 0.5) is 0 Å². The van der Waals surface area contributed by atoms with Crippen LogP contribution in [-0.4, -0.2) is 16.9 Å². The number of rotatable bonds is 12. The first-order chi connectivity index (χ1) is 13.4. The third-order valence-electron chi connectivity index (χ3n) is 5.88. The van der Waals surface area contributed by atoms with Crippen LogP contribution in [0, 0.1) is 5.92 Å². The van der Waals surface area contributed by atoms with Crippen LogP contribution in [0.25, 0.3) is 0 Å². The summed E-state index contributed by atoms with van der Waals surface area (Å²) in [6.07, 6.45) is 13.7. The van der Waals surface area contributed by atoms with E-state index < -0.39 is 11.4 Å². The largest absolute Gasteiger partial charge is 0.481 e. The van der Waals surface area contributed by atoms with E-state index in [1.807, 2.05) is 37.3 Å². The summed E-state index contributed by atoms with van der Waals surface area (Å²) in [7, 11) is 0. The fourth-order valence-electron chi connectivity index (χ4n) is 4.08. The van der Waals surface area contributed by atoms with E-state index >= 15 is 0 Å². The zero-order chi connectivity index (χ0) is 20.4. The first-order valence-electron chi connectivity index (χ1n) is 10.6. The van der Waals surface area contributed by atoms with Crippen molar-refractivity contribution in [2.75, 3.05) is 0 Å². The lowest BCUT2D eigenvalue weighted by molar-refractivity contribution is -0.138. The van der Waals surface area contributed by atoms with Gasteiger partial charge in [-0.25, -0.2) is 0 Å². The lowest BCUT2D eigenvalue weighted by Crippen LogP contribution is -2.26. The molecule has 0 radical (unpaired) electrons. The van der Waals surface area contributed by atoms with Gasteiger partial charge < -0.3 is 5.11 Å². The molecule has 2 unspecified atom stereocenters. The lowest BCUT2D eigenvalue weighted by atomic mass is 9.75. The van der Waals surface area contributed by atoms with Crippen molar-refractivity contribution in [1.29, 1.82) is 0 Å². The summed E-state index contributed by atoms with van der Waals surface area (Å²) in [6, 6.07) is 9.80. The van der Waals surface area contributed by atoms with Gasteiger partial charge in [0.1, 0.15) is 5.78 Å². The summed E-state index contributed by atoms with van der Waals surface area (Å²) >= 11 is 0. The Balaban J connectivity index is 1.75. The van der Waals surface area contributed by atoms with E-state index in [4.69, 9.17) is 0 Å². The van der Waals surface area contributed by atoms with Gasteiger partial charge >= 0.3 is 5.97 Å². The summed E-state index contributed by atoms with van der Waals surface area (Å²) in [5.74, 6) is 0.0186. The minimum Gasteiger partial charge on any atom is -0.481 e. The Morgan fingerprint density at radius 3 is 2.46 bits per heavy atom. The highest BCUT2D eigenvalue weighted by Gasteiger charge is 2.29. The van der Waals surface area contributed by atoms with E-state index in [0.29, 0.717) is 31.0 Å². The summed E-state index contributed by atoms with van der Waals surface area (Å²) < 4.78 is 0. The number of hydrogen-bond acceptors (Lipinski definition) is 2. The number of carboxylic acids is 1. The van der Waals surface area contributed by atoms with Crippen LogP contribution in [0.15, 0.2) is 54.1 Å². The molecule has 0 fully saturated rings. The highest BCUT2D eigenvalue weighted by Crippen LogP contribution is 2.33. The average Bonchev–Trinajstić information content (AvgIpc) is 2.68. The number of allylic oxidation sites excluding steroid dienone is 4. The first kappa shape index (κ1) is 22.1. The molecule has 1 aliphatic rings. The van der Waals surface area contributed by atoms with E-state index in [9.17, 15) is 14.7 Å². The van der Waals surface area contributed by atoms with Crippen molar-refractivity contribution in [3.63, 3.8) is 0 Å².